The molecule has 34 heavy (non-hydrogen) atoms. The van der Waals surface area contributed by atoms with E-state index in [9.17, 15) is 19.2 Å². The van der Waals surface area contributed by atoms with Crippen LogP contribution in [0.25, 0.3) is 10.6 Å². The number of anilines is 1. The molecule has 0 bridgehead atoms. The largest absolute Gasteiger partial charge is 0.464 e. The van der Waals surface area contributed by atoms with Gasteiger partial charge in [-0.3, -0.25) is 14.4 Å². The van der Waals surface area contributed by atoms with Gasteiger partial charge in [0.25, 0.3) is 11.8 Å². The zero-order chi connectivity index (χ0) is 25.1. The van der Waals surface area contributed by atoms with E-state index in [4.69, 9.17) is 11.6 Å². The fourth-order valence-electron chi connectivity index (χ4n) is 2.63. The van der Waals surface area contributed by atoms with E-state index in [0.717, 1.165) is 31.9 Å². The maximum atomic E-state index is 12.4. The molecule has 1 aromatic carbocycles. The van der Waals surface area contributed by atoms with Crippen LogP contribution in [0, 0.1) is 0 Å². The highest BCUT2D eigenvalue weighted by atomic mass is 35.5. The SMILES string of the molecule is C=C(NC(=O)c1csc(-c2ccc(NC(=O)CCCCCCl)cc2)n1)C(=O)NC(=C)C(=O)OC. The van der Waals surface area contributed by atoms with Crippen molar-refractivity contribution in [2.75, 3.05) is 18.3 Å². The first kappa shape index (κ1) is 26.7. The standard InChI is InChI=1S/C23H25ClN4O5S/c1-14(20(30)26-15(2)23(32)33-3)25-21(31)18-13-34-22(28-18)16-8-10-17(11-9-16)27-19(29)7-5-4-6-12-24/h8-11,13H,1-2,4-7,12H2,3H3,(H,25,31)(H,26,30)(H,27,29). The van der Waals surface area contributed by atoms with Crippen molar-refractivity contribution in [3.63, 3.8) is 0 Å². The third-order valence-electron chi connectivity index (χ3n) is 4.42. The van der Waals surface area contributed by atoms with E-state index in [-0.39, 0.29) is 23.0 Å². The minimum Gasteiger partial charge on any atom is -0.464 e. The lowest BCUT2D eigenvalue weighted by Gasteiger charge is -2.09. The van der Waals surface area contributed by atoms with Crippen molar-refractivity contribution >= 4 is 52.3 Å². The molecule has 0 spiro atoms. The molecule has 9 nitrogen and oxygen atoms in total. The number of nitrogens with zero attached hydrogens (tertiary/aromatic N) is 1. The van der Waals surface area contributed by atoms with Crippen molar-refractivity contribution in [3.8, 4) is 10.6 Å². The number of amides is 3. The van der Waals surface area contributed by atoms with Gasteiger partial charge in [-0.25, -0.2) is 9.78 Å². The minimum atomic E-state index is -0.815. The van der Waals surface area contributed by atoms with Crippen LogP contribution >= 0.6 is 22.9 Å². The molecule has 2 aromatic rings. The lowest BCUT2D eigenvalue weighted by atomic mass is 10.2. The Morgan fingerprint density at radius 1 is 1.03 bits per heavy atom. The van der Waals surface area contributed by atoms with Crippen LogP contribution in [0.5, 0.6) is 0 Å². The lowest BCUT2D eigenvalue weighted by Crippen LogP contribution is -2.35. The Labute approximate surface area is 206 Å². The van der Waals surface area contributed by atoms with Crippen LogP contribution in [-0.4, -0.2) is 41.7 Å². The number of carbonyl (C=O) groups is 4. The van der Waals surface area contributed by atoms with Crippen molar-refractivity contribution in [3.05, 3.63) is 59.9 Å². The average molecular weight is 505 g/mol. The molecule has 0 atom stereocenters. The summed E-state index contributed by atoms with van der Waals surface area (Å²) in [5, 5.41) is 9.47. The number of nitrogens with one attached hydrogen (secondary N) is 3. The summed E-state index contributed by atoms with van der Waals surface area (Å²) < 4.78 is 4.43. The van der Waals surface area contributed by atoms with Gasteiger partial charge in [0.05, 0.1) is 12.8 Å². The molecule has 11 heteroatoms. The number of halogens is 1. The predicted octanol–water partition coefficient (Wildman–Crippen LogP) is 3.59. The molecule has 0 aliphatic carbocycles. The Bertz CT molecular complexity index is 1080. The van der Waals surface area contributed by atoms with Gasteiger partial charge < -0.3 is 20.7 Å². The second-order valence-corrected chi connectivity index (χ2v) is 8.26. The summed E-state index contributed by atoms with van der Waals surface area (Å²) >= 11 is 6.88. The summed E-state index contributed by atoms with van der Waals surface area (Å²) in [6, 6.07) is 7.09. The molecule has 0 aliphatic heterocycles. The van der Waals surface area contributed by atoms with Crippen LogP contribution in [0.1, 0.15) is 36.2 Å². The number of unbranched alkanes of at least 4 members (excludes halogenated alkanes) is 2. The van der Waals surface area contributed by atoms with Crippen molar-refractivity contribution < 1.29 is 23.9 Å². The molecule has 3 amide bonds. The maximum absolute atomic E-state index is 12.4. The Morgan fingerprint density at radius 2 is 1.74 bits per heavy atom. The van der Waals surface area contributed by atoms with Crippen LogP contribution in [0.3, 0.4) is 0 Å². The lowest BCUT2D eigenvalue weighted by molar-refractivity contribution is -0.137. The second kappa shape index (κ2) is 13.3. The third-order valence-corrected chi connectivity index (χ3v) is 5.58. The molecule has 180 valence electrons. The summed E-state index contributed by atoms with van der Waals surface area (Å²) in [4.78, 5) is 52.0. The van der Waals surface area contributed by atoms with E-state index < -0.39 is 17.8 Å². The molecule has 0 radical (unpaired) electrons. The first-order valence-electron chi connectivity index (χ1n) is 10.3. The quantitative estimate of drug-likeness (QED) is 0.175. The Kier molecular flexibility index (Phi) is 10.4. The summed E-state index contributed by atoms with van der Waals surface area (Å²) in [7, 11) is 1.14. The smallest absolute Gasteiger partial charge is 0.353 e. The Hall–Kier alpha value is -3.50. The van der Waals surface area contributed by atoms with E-state index in [1.54, 1.807) is 29.6 Å². The summed E-state index contributed by atoms with van der Waals surface area (Å²) in [6.45, 7) is 6.85. The molecule has 3 N–H and O–H groups in total. The first-order valence-corrected chi connectivity index (χ1v) is 11.7. The number of alkyl halides is 1. The van der Waals surface area contributed by atoms with Crippen molar-refractivity contribution in [2.45, 2.75) is 25.7 Å². The Morgan fingerprint density at radius 3 is 2.38 bits per heavy atom. The van der Waals surface area contributed by atoms with Gasteiger partial charge in [-0.1, -0.05) is 19.6 Å². The van der Waals surface area contributed by atoms with Crippen molar-refractivity contribution in [1.29, 1.82) is 0 Å². The molecule has 0 saturated carbocycles. The van der Waals surface area contributed by atoms with Gasteiger partial charge in [0.15, 0.2) is 0 Å². The summed E-state index contributed by atoms with van der Waals surface area (Å²) in [5.41, 5.74) is 0.943. The van der Waals surface area contributed by atoms with Gasteiger partial charge in [0.2, 0.25) is 5.91 Å². The molecule has 0 saturated heterocycles. The zero-order valence-electron chi connectivity index (χ0n) is 18.6. The normalized spacial score (nSPS) is 10.2. The van der Waals surface area contributed by atoms with Gasteiger partial charge >= 0.3 is 5.97 Å². The number of esters is 1. The highest BCUT2D eigenvalue weighted by molar-refractivity contribution is 7.13. The van der Waals surface area contributed by atoms with Crippen LogP contribution < -0.4 is 16.0 Å². The van der Waals surface area contributed by atoms with Crippen LogP contribution in [0.4, 0.5) is 5.69 Å². The number of benzene rings is 1. The van der Waals surface area contributed by atoms with E-state index in [0.29, 0.717) is 23.0 Å². The van der Waals surface area contributed by atoms with Gasteiger partial charge in [-0.15, -0.1) is 22.9 Å². The van der Waals surface area contributed by atoms with Gasteiger partial charge in [0, 0.05) is 28.9 Å². The van der Waals surface area contributed by atoms with Gasteiger partial charge in [0.1, 0.15) is 16.4 Å². The van der Waals surface area contributed by atoms with Crippen molar-refractivity contribution in [1.82, 2.24) is 15.6 Å². The minimum absolute atomic E-state index is 0.0602. The molecular weight excluding hydrogens is 480 g/mol. The van der Waals surface area contributed by atoms with Crippen LogP contribution in [0.2, 0.25) is 0 Å². The number of methoxy groups -OCH3 is 1. The van der Waals surface area contributed by atoms with Gasteiger partial charge in [-0.2, -0.15) is 0 Å². The molecule has 1 heterocycles. The molecular formula is C23H25ClN4O5S. The number of hydrogen-bond donors (Lipinski definition) is 3. The van der Waals surface area contributed by atoms with E-state index in [2.05, 4.69) is 38.8 Å². The average Bonchev–Trinajstić information content (AvgIpc) is 3.32. The monoisotopic (exact) mass is 504 g/mol. The van der Waals surface area contributed by atoms with Gasteiger partial charge in [-0.05, 0) is 37.1 Å². The Balaban J connectivity index is 1.91. The molecule has 0 unspecified atom stereocenters. The second-order valence-electron chi connectivity index (χ2n) is 7.02. The van der Waals surface area contributed by atoms with Crippen LogP contribution in [0.15, 0.2) is 54.2 Å². The van der Waals surface area contributed by atoms with Crippen molar-refractivity contribution in [2.24, 2.45) is 0 Å². The number of ether oxygens (including phenoxy) is 1. The highest BCUT2D eigenvalue weighted by Crippen LogP contribution is 2.25. The van der Waals surface area contributed by atoms with E-state index in [1.165, 1.54) is 11.3 Å². The summed E-state index contributed by atoms with van der Waals surface area (Å²) in [5.74, 6) is -1.72. The summed E-state index contributed by atoms with van der Waals surface area (Å²) in [6.07, 6.45) is 3.03. The topological polar surface area (TPSA) is 126 Å². The number of rotatable bonds is 12. The maximum Gasteiger partial charge on any atom is 0.353 e. The molecule has 0 fully saturated rings. The predicted molar refractivity (Wildman–Crippen MR) is 131 cm³/mol. The number of aromatic nitrogens is 1. The van der Waals surface area contributed by atoms with Crippen LogP contribution in [-0.2, 0) is 19.1 Å². The fourth-order valence-corrected chi connectivity index (χ4v) is 3.63. The highest BCUT2D eigenvalue weighted by Gasteiger charge is 2.18. The molecule has 2 rings (SSSR count). The molecule has 1 aromatic heterocycles. The fraction of sp³-hybridized carbons (Fsp3) is 0.261. The zero-order valence-corrected chi connectivity index (χ0v) is 20.2. The van der Waals surface area contributed by atoms with E-state index in [1.807, 2.05) is 0 Å². The molecule has 0 aliphatic rings. The first-order chi connectivity index (χ1) is 16.2. The van der Waals surface area contributed by atoms with E-state index >= 15 is 0 Å². The number of hydrogen-bond acceptors (Lipinski definition) is 7. The third kappa shape index (κ3) is 8.13. The number of carbonyl (C=O) groups excluding carboxylic acids is 4. The number of thiazole rings is 1.